The van der Waals surface area contributed by atoms with Crippen LogP contribution in [0, 0.1) is 18.8 Å². The van der Waals surface area contributed by atoms with Crippen molar-refractivity contribution in [1.29, 1.82) is 0 Å². The molecule has 2 saturated carbocycles. The molecule has 0 spiro atoms. The Balaban J connectivity index is 1.29. The second-order valence-corrected chi connectivity index (χ2v) is 9.90. The number of methoxy groups -OCH3 is 1. The molecular formula is C28H38N4O. The summed E-state index contributed by atoms with van der Waals surface area (Å²) in [5.41, 5.74) is 5.80. The summed E-state index contributed by atoms with van der Waals surface area (Å²) in [5.74, 6) is 3.14. The van der Waals surface area contributed by atoms with E-state index in [-0.39, 0.29) is 0 Å². The third kappa shape index (κ3) is 6.16. The Morgan fingerprint density at radius 1 is 1.12 bits per heavy atom. The Bertz CT molecular complexity index is 1030. The van der Waals surface area contributed by atoms with Crippen LogP contribution in [0.3, 0.4) is 0 Å². The van der Waals surface area contributed by atoms with E-state index in [1.54, 1.807) is 7.11 Å². The van der Waals surface area contributed by atoms with E-state index in [9.17, 15) is 0 Å². The molecule has 2 aromatic heterocycles. The molecule has 0 radical (unpaired) electrons. The smallest absolute Gasteiger partial charge is 0.126 e. The topological polar surface area (TPSA) is 52.0 Å². The molecule has 2 fully saturated rings. The Hall–Kier alpha value is -2.82. The van der Waals surface area contributed by atoms with Crippen molar-refractivity contribution in [3.8, 4) is 11.1 Å². The normalized spacial score (nSPS) is 20.6. The van der Waals surface area contributed by atoms with Crippen molar-refractivity contribution in [2.24, 2.45) is 11.8 Å². The molecular weight excluding hydrogens is 408 g/mol. The molecule has 0 atom stereocenters. The molecule has 176 valence electrons. The van der Waals surface area contributed by atoms with Crippen molar-refractivity contribution in [1.82, 2.24) is 14.8 Å². The predicted octanol–water partition coefficient (Wildman–Crippen LogP) is 6.86. The first-order valence-corrected chi connectivity index (χ1v) is 12.3. The van der Waals surface area contributed by atoms with Crippen molar-refractivity contribution in [3.05, 3.63) is 65.9 Å². The van der Waals surface area contributed by atoms with E-state index in [0.29, 0.717) is 17.9 Å². The molecule has 0 aromatic carbocycles. The van der Waals surface area contributed by atoms with Gasteiger partial charge in [0.05, 0.1) is 19.3 Å². The third-order valence-electron chi connectivity index (χ3n) is 6.91. The fraction of sp³-hybridized carbons (Fsp3) is 0.500. The first-order valence-electron chi connectivity index (χ1n) is 12.3. The molecule has 1 N–H and O–H groups in total. The Morgan fingerprint density at radius 3 is 2.55 bits per heavy atom. The largest absolute Gasteiger partial charge is 0.497 e. The van der Waals surface area contributed by atoms with E-state index in [0.717, 1.165) is 23.8 Å². The summed E-state index contributed by atoms with van der Waals surface area (Å²) in [4.78, 5) is 4.73. The number of pyridine rings is 1. The summed E-state index contributed by atoms with van der Waals surface area (Å²) in [5, 5.41) is 8.16. The molecule has 0 unspecified atom stereocenters. The maximum Gasteiger partial charge on any atom is 0.126 e. The minimum Gasteiger partial charge on any atom is -0.497 e. The molecule has 0 amide bonds. The van der Waals surface area contributed by atoms with Crippen molar-refractivity contribution in [2.75, 3.05) is 19.0 Å². The van der Waals surface area contributed by atoms with Crippen molar-refractivity contribution < 1.29 is 4.74 Å². The van der Waals surface area contributed by atoms with Gasteiger partial charge in [-0.2, -0.15) is 5.10 Å². The lowest BCUT2D eigenvalue weighted by Gasteiger charge is -2.29. The molecule has 0 saturated heterocycles. The number of aromatic nitrogens is 3. The van der Waals surface area contributed by atoms with Crippen molar-refractivity contribution in [2.45, 2.75) is 65.3 Å². The summed E-state index contributed by atoms with van der Waals surface area (Å²) in [6, 6.07) is 4.92. The van der Waals surface area contributed by atoms with Crippen LogP contribution in [0.2, 0.25) is 0 Å². The van der Waals surface area contributed by atoms with Gasteiger partial charge in [-0.25, -0.2) is 4.98 Å². The number of aryl methyl sites for hydroxylation is 1. The van der Waals surface area contributed by atoms with Gasteiger partial charge in [-0.05, 0) is 100 Å². The fourth-order valence-electron chi connectivity index (χ4n) is 4.70. The highest BCUT2D eigenvalue weighted by atomic mass is 16.5. The van der Waals surface area contributed by atoms with E-state index < -0.39 is 0 Å². The van der Waals surface area contributed by atoms with Crippen LogP contribution in [0.5, 0.6) is 0 Å². The van der Waals surface area contributed by atoms with Gasteiger partial charge in [0, 0.05) is 24.0 Å². The lowest BCUT2D eigenvalue weighted by molar-refractivity contribution is 0.301. The van der Waals surface area contributed by atoms with Crippen LogP contribution in [-0.2, 0) is 4.74 Å². The summed E-state index contributed by atoms with van der Waals surface area (Å²) < 4.78 is 7.54. The minimum atomic E-state index is 0.569. The molecule has 2 aromatic rings. The molecule has 0 bridgehead atoms. The van der Waals surface area contributed by atoms with E-state index in [1.807, 2.05) is 6.20 Å². The zero-order valence-electron chi connectivity index (χ0n) is 20.6. The molecule has 5 nitrogen and oxygen atoms in total. The Labute approximate surface area is 198 Å². The standard InChI is InChI=1S/C28H38N4O/c1-19(2)27(33-5)13-6-20(3)23-9-7-22(8-10-23)16-29-28-15-24(14-21(4)31-28)25-17-30-32(18-25)26-11-12-26/h6,13-15,17-18,22-23,26H,3,7-12,16H2,1-2,4-5H3,(H,29,31)/b13-6-/t22-,23-. The number of nitrogens with one attached hydrogen (secondary N) is 1. The van der Waals surface area contributed by atoms with E-state index in [1.165, 1.54) is 60.8 Å². The van der Waals surface area contributed by atoms with Crippen LogP contribution in [0.4, 0.5) is 5.82 Å². The SMILES string of the molecule is C=C(/C=C\C(OC)=C(C)C)[C@H]1CC[C@H](CNc2cc(-c3cnn(C4CC4)c3)cc(C)n2)CC1. The van der Waals surface area contributed by atoms with Gasteiger partial charge < -0.3 is 10.1 Å². The summed E-state index contributed by atoms with van der Waals surface area (Å²) in [6.45, 7) is 11.5. The van der Waals surface area contributed by atoms with Crippen molar-refractivity contribution >= 4 is 5.82 Å². The maximum atomic E-state index is 5.43. The number of rotatable bonds is 9. The second-order valence-electron chi connectivity index (χ2n) is 9.90. The highest BCUT2D eigenvalue weighted by molar-refractivity contribution is 5.65. The fourth-order valence-corrected chi connectivity index (χ4v) is 4.70. The van der Waals surface area contributed by atoms with E-state index >= 15 is 0 Å². The quantitative estimate of drug-likeness (QED) is 0.338. The Morgan fingerprint density at radius 2 is 1.88 bits per heavy atom. The zero-order chi connectivity index (χ0) is 23.4. The second kappa shape index (κ2) is 10.4. The van der Waals surface area contributed by atoms with Gasteiger partial charge in [0.25, 0.3) is 0 Å². The van der Waals surface area contributed by atoms with Crippen LogP contribution in [0.1, 0.15) is 64.1 Å². The number of ether oxygens (including phenoxy) is 1. The molecule has 2 aliphatic rings. The van der Waals surface area contributed by atoms with Crippen LogP contribution in [0.15, 0.2) is 60.2 Å². The predicted molar refractivity (Wildman–Crippen MR) is 136 cm³/mol. The monoisotopic (exact) mass is 446 g/mol. The van der Waals surface area contributed by atoms with Gasteiger partial charge in [0.2, 0.25) is 0 Å². The number of hydrogen-bond donors (Lipinski definition) is 1. The summed E-state index contributed by atoms with van der Waals surface area (Å²) in [7, 11) is 1.72. The number of hydrogen-bond acceptors (Lipinski definition) is 4. The van der Waals surface area contributed by atoms with E-state index in [2.05, 4.69) is 72.9 Å². The minimum absolute atomic E-state index is 0.569. The first kappa shape index (κ1) is 23.3. The van der Waals surface area contributed by atoms with Crippen molar-refractivity contribution in [3.63, 3.8) is 0 Å². The van der Waals surface area contributed by atoms with Gasteiger partial charge in [-0.3, -0.25) is 4.68 Å². The highest BCUT2D eigenvalue weighted by Gasteiger charge is 2.25. The third-order valence-corrected chi connectivity index (χ3v) is 6.91. The average Bonchev–Trinajstić information content (AvgIpc) is 3.54. The molecule has 5 heteroatoms. The van der Waals surface area contributed by atoms with Crippen LogP contribution in [0.25, 0.3) is 11.1 Å². The van der Waals surface area contributed by atoms with Gasteiger partial charge >= 0.3 is 0 Å². The highest BCUT2D eigenvalue weighted by Crippen LogP contribution is 2.36. The molecule has 2 heterocycles. The van der Waals surface area contributed by atoms with Gasteiger partial charge in [0.15, 0.2) is 0 Å². The number of allylic oxidation sites excluding steroid dienone is 4. The maximum absolute atomic E-state index is 5.43. The zero-order valence-corrected chi connectivity index (χ0v) is 20.6. The molecule has 33 heavy (non-hydrogen) atoms. The van der Waals surface area contributed by atoms with Crippen LogP contribution in [-0.4, -0.2) is 28.4 Å². The van der Waals surface area contributed by atoms with Gasteiger partial charge in [0.1, 0.15) is 11.6 Å². The molecule has 4 rings (SSSR count). The molecule has 0 aliphatic heterocycles. The first-order chi connectivity index (χ1) is 15.9. The van der Waals surface area contributed by atoms with Gasteiger partial charge in [-0.1, -0.05) is 18.2 Å². The molecule has 2 aliphatic carbocycles. The Kier molecular flexibility index (Phi) is 7.36. The lowest BCUT2D eigenvalue weighted by Crippen LogP contribution is -2.22. The number of anilines is 1. The number of nitrogens with zero attached hydrogens (tertiary/aromatic N) is 3. The average molecular weight is 447 g/mol. The van der Waals surface area contributed by atoms with Crippen LogP contribution < -0.4 is 5.32 Å². The van der Waals surface area contributed by atoms with E-state index in [4.69, 9.17) is 9.72 Å². The van der Waals surface area contributed by atoms with Gasteiger partial charge in [-0.15, -0.1) is 0 Å². The summed E-state index contributed by atoms with van der Waals surface area (Å²) in [6.07, 6.45) is 15.7. The van der Waals surface area contributed by atoms with Crippen LogP contribution >= 0.6 is 0 Å². The summed E-state index contributed by atoms with van der Waals surface area (Å²) >= 11 is 0. The lowest BCUT2D eigenvalue weighted by atomic mass is 9.78.